The highest BCUT2D eigenvalue weighted by Crippen LogP contribution is 2.30. The smallest absolute Gasteiger partial charge is 0.325 e. The van der Waals surface area contributed by atoms with Crippen LogP contribution in [0.25, 0.3) is 0 Å². The molecular weight excluding hydrogens is 260 g/mol. The highest BCUT2D eigenvalue weighted by molar-refractivity contribution is 7.19. The number of nitrogens with one attached hydrogen (secondary N) is 2. The molecule has 100 valence electrons. The van der Waals surface area contributed by atoms with Gasteiger partial charge in [-0.25, -0.2) is 9.78 Å². The molecule has 19 heavy (non-hydrogen) atoms. The third-order valence-electron chi connectivity index (χ3n) is 2.48. The second-order valence-electron chi connectivity index (χ2n) is 4.37. The van der Waals surface area contributed by atoms with Crippen molar-refractivity contribution in [2.24, 2.45) is 0 Å². The Morgan fingerprint density at radius 3 is 2.53 bits per heavy atom. The minimum absolute atomic E-state index is 0.240. The lowest BCUT2D eigenvalue weighted by Gasteiger charge is -2.04. The maximum absolute atomic E-state index is 11.8. The van der Waals surface area contributed by atoms with Gasteiger partial charge in [-0.3, -0.25) is 5.32 Å². The molecule has 0 aliphatic rings. The summed E-state index contributed by atoms with van der Waals surface area (Å²) in [4.78, 5) is 16.1. The van der Waals surface area contributed by atoms with Crippen molar-refractivity contribution in [3.05, 3.63) is 36.0 Å². The molecule has 0 saturated carbocycles. The van der Waals surface area contributed by atoms with Crippen molar-refractivity contribution in [2.45, 2.75) is 19.8 Å². The van der Waals surface area contributed by atoms with Gasteiger partial charge in [0.2, 0.25) is 0 Å². The Balaban J connectivity index is 2.01. The summed E-state index contributed by atoms with van der Waals surface area (Å²) in [6, 6.07) is 8.90. The predicted octanol–water partition coefficient (Wildman–Crippen LogP) is 3.49. The zero-order valence-corrected chi connectivity index (χ0v) is 11.6. The van der Waals surface area contributed by atoms with E-state index < -0.39 is 0 Å². The van der Waals surface area contributed by atoms with E-state index in [1.165, 1.54) is 11.3 Å². The number of nitrogens with zero attached hydrogens (tertiary/aromatic N) is 1. The maximum Gasteiger partial charge on any atom is 0.325 e. The zero-order chi connectivity index (χ0) is 13.8. The lowest BCUT2D eigenvalue weighted by atomic mass is 10.1. The molecule has 2 rings (SSSR count). The number of hydrogen-bond acceptors (Lipinski definition) is 4. The van der Waals surface area contributed by atoms with Crippen molar-refractivity contribution in [2.75, 3.05) is 16.4 Å². The summed E-state index contributed by atoms with van der Waals surface area (Å²) < 4.78 is 0. The number of anilines is 3. The van der Waals surface area contributed by atoms with Gasteiger partial charge >= 0.3 is 6.03 Å². The third-order valence-corrected chi connectivity index (χ3v) is 3.30. The van der Waals surface area contributed by atoms with Crippen molar-refractivity contribution in [3.8, 4) is 0 Å². The molecule has 6 heteroatoms. The fourth-order valence-corrected chi connectivity index (χ4v) is 2.47. The number of amides is 2. The van der Waals surface area contributed by atoms with Gasteiger partial charge in [-0.1, -0.05) is 43.4 Å². The Kier molecular flexibility index (Phi) is 4.01. The predicted molar refractivity (Wildman–Crippen MR) is 79.7 cm³/mol. The number of urea groups is 1. The molecular formula is C13H16N4OS. The minimum Gasteiger partial charge on any atom is -0.389 e. The topological polar surface area (TPSA) is 80.0 Å². The largest absolute Gasteiger partial charge is 0.389 e. The van der Waals surface area contributed by atoms with Crippen molar-refractivity contribution >= 4 is 33.2 Å². The van der Waals surface area contributed by atoms with Gasteiger partial charge in [0.05, 0.1) is 5.69 Å². The number of para-hydroxylation sites is 1. The van der Waals surface area contributed by atoms with Crippen LogP contribution in [0.2, 0.25) is 0 Å². The van der Waals surface area contributed by atoms with Gasteiger partial charge in [0.25, 0.3) is 0 Å². The first-order valence-electron chi connectivity index (χ1n) is 5.95. The van der Waals surface area contributed by atoms with E-state index in [4.69, 9.17) is 5.73 Å². The summed E-state index contributed by atoms with van der Waals surface area (Å²) in [6.07, 6.45) is 0. The van der Waals surface area contributed by atoms with Gasteiger partial charge in [0.1, 0.15) is 5.00 Å². The summed E-state index contributed by atoms with van der Waals surface area (Å²) in [5, 5.41) is 6.56. The van der Waals surface area contributed by atoms with E-state index >= 15 is 0 Å². The number of nitrogens with two attached hydrogens (primary N) is 1. The molecule has 5 nitrogen and oxygen atoms in total. The van der Waals surface area contributed by atoms with Crippen molar-refractivity contribution in [1.82, 2.24) is 4.98 Å². The quantitative estimate of drug-likeness (QED) is 0.802. The second kappa shape index (κ2) is 5.71. The Hall–Kier alpha value is -2.08. The van der Waals surface area contributed by atoms with Crippen LogP contribution in [0.3, 0.4) is 0 Å². The molecule has 0 saturated heterocycles. The monoisotopic (exact) mass is 276 g/mol. The molecule has 0 spiro atoms. The summed E-state index contributed by atoms with van der Waals surface area (Å²) in [6.45, 7) is 4.03. The number of aromatic nitrogens is 1. The lowest BCUT2D eigenvalue weighted by Crippen LogP contribution is -2.19. The Morgan fingerprint density at radius 1 is 1.26 bits per heavy atom. The number of hydrogen-bond donors (Lipinski definition) is 3. The molecule has 2 aromatic rings. The highest BCUT2D eigenvalue weighted by atomic mass is 32.1. The third kappa shape index (κ3) is 3.45. The normalized spacial score (nSPS) is 10.5. The van der Waals surface area contributed by atoms with Crippen LogP contribution in [0.5, 0.6) is 0 Å². The molecule has 0 fully saturated rings. The molecule has 2 amide bonds. The number of rotatable bonds is 3. The standard InChI is InChI=1S/C13H16N4OS/c1-8(2)10-11(14)19-13(16-10)17-12(18)15-9-6-4-3-5-7-9/h3-8H,14H2,1-2H3,(H2,15,16,17,18). The average molecular weight is 276 g/mol. The molecule has 0 atom stereocenters. The van der Waals surface area contributed by atoms with Gasteiger partial charge in [0, 0.05) is 5.69 Å². The molecule has 0 radical (unpaired) electrons. The van der Waals surface area contributed by atoms with Gasteiger partial charge in [-0.15, -0.1) is 0 Å². The summed E-state index contributed by atoms with van der Waals surface area (Å²) in [5.74, 6) is 0.240. The van der Waals surface area contributed by atoms with E-state index in [1.54, 1.807) is 0 Å². The Labute approximate surface area is 115 Å². The fraction of sp³-hybridized carbons (Fsp3) is 0.231. The van der Waals surface area contributed by atoms with Crippen LogP contribution in [0.15, 0.2) is 30.3 Å². The first kappa shape index (κ1) is 13.4. The van der Waals surface area contributed by atoms with Crippen LogP contribution in [0.4, 0.5) is 20.6 Å². The van der Waals surface area contributed by atoms with E-state index in [1.807, 2.05) is 44.2 Å². The van der Waals surface area contributed by atoms with Crippen LogP contribution in [0, 0.1) is 0 Å². The van der Waals surface area contributed by atoms with Crippen LogP contribution in [-0.4, -0.2) is 11.0 Å². The zero-order valence-electron chi connectivity index (χ0n) is 10.8. The molecule has 0 unspecified atom stereocenters. The Morgan fingerprint density at radius 2 is 1.95 bits per heavy atom. The van der Waals surface area contributed by atoms with E-state index in [0.29, 0.717) is 10.1 Å². The van der Waals surface area contributed by atoms with Gasteiger partial charge in [-0.2, -0.15) is 0 Å². The van der Waals surface area contributed by atoms with E-state index in [2.05, 4.69) is 15.6 Å². The molecule has 0 aliphatic heterocycles. The number of benzene rings is 1. The van der Waals surface area contributed by atoms with Crippen molar-refractivity contribution in [3.63, 3.8) is 0 Å². The van der Waals surface area contributed by atoms with Crippen LogP contribution in [0.1, 0.15) is 25.5 Å². The van der Waals surface area contributed by atoms with E-state index in [0.717, 1.165) is 11.4 Å². The first-order chi connectivity index (χ1) is 9.06. The minimum atomic E-state index is -0.324. The van der Waals surface area contributed by atoms with Crippen molar-refractivity contribution in [1.29, 1.82) is 0 Å². The summed E-state index contributed by atoms with van der Waals surface area (Å²) in [5.41, 5.74) is 7.40. The van der Waals surface area contributed by atoms with Gasteiger partial charge in [0.15, 0.2) is 5.13 Å². The lowest BCUT2D eigenvalue weighted by molar-refractivity contribution is 0.262. The molecule has 1 aromatic heterocycles. The van der Waals surface area contributed by atoms with Gasteiger partial charge in [-0.05, 0) is 18.1 Å². The van der Waals surface area contributed by atoms with E-state index in [9.17, 15) is 4.79 Å². The number of carbonyl (C=O) groups is 1. The fourth-order valence-electron chi connectivity index (χ4n) is 1.59. The van der Waals surface area contributed by atoms with Crippen LogP contribution >= 0.6 is 11.3 Å². The molecule has 1 aromatic carbocycles. The number of carbonyl (C=O) groups excluding carboxylic acids is 1. The SMILES string of the molecule is CC(C)c1nc(NC(=O)Nc2ccccc2)sc1N. The second-order valence-corrected chi connectivity index (χ2v) is 5.40. The number of nitrogen functional groups attached to an aromatic ring is 1. The summed E-state index contributed by atoms with van der Waals surface area (Å²) in [7, 11) is 0. The van der Waals surface area contributed by atoms with E-state index in [-0.39, 0.29) is 11.9 Å². The number of thiazole rings is 1. The van der Waals surface area contributed by atoms with Crippen LogP contribution < -0.4 is 16.4 Å². The first-order valence-corrected chi connectivity index (χ1v) is 6.77. The molecule has 1 heterocycles. The van der Waals surface area contributed by atoms with Gasteiger partial charge < -0.3 is 11.1 Å². The summed E-state index contributed by atoms with van der Waals surface area (Å²) >= 11 is 1.28. The molecule has 0 bridgehead atoms. The van der Waals surface area contributed by atoms with Crippen molar-refractivity contribution < 1.29 is 4.79 Å². The molecule has 0 aliphatic carbocycles. The highest BCUT2D eigenvalue weighted by Gasteiger charge is 2.13. The molecule has 4 N–H and O–H groups in total. The van der Waals surface area contributed by atoms with Crippen LogP contribution in [-0.2, 0) is 0 Å². The Bertz CT molecular complexity index is 565. The average Bonchev–Trinajstić information content (AvgIpc) is 2.71. The maximum atomic E-state index is 11.8.